The van der Waals surface area contributed by atoms with Gasteiger partial charge < -0.3 is 5.32 Å². The third-order valence-corrected chi connectivity index (χ3v) is 4.69. The molecule has 0 unspecified atom stereocenters. The third-order valence-electron chi connectivity index (χ3n) is 3.28. The maximum atomic E-state index is 3.62. The van der Waals surface area contributed by atoms with Crippen LogP contribution in [0.3, 0.4) is 0 Å². The summed E-state index contributed by atoms with van der Waals surface area (Å²) in [5, 5.41) is 3.62. The molecule has 1 aliphatic carbocycles. The summed E-state index contributed by atoms with van der Waals surface area (Å²) >= 11 is 2.04. The van der Waals surface area contributed by atoms with E-state index in [2.05, 4.69) is 25.4 Å². The Morgan fingerprint density at radius 1 is 1.31 bits per heavy atom. The van der Waals surface area contributed by atoms with Crippen molar-refractivity contribution in [3.05, 3.63) is 0 Å². The van der Waals surface area contributed by atoms with Crippen LogP contribution in [0.2, 0.25) is 0 Å². The van der Waals surface area contributed by atoms with E-state index in [1.54, 1.807) is 0 Å². The van der Waals surface area contributed by atoms with Gasteiger partial charge in [0.25, 0.3) is 0 Å². The van der Waals surface area contributed by atoms with Crippen LogP contribution in [-0.2, 0) is 0 Å². The molecule has 1 rings (SSSR count). The van der Waals surface area contributed by atoms with Crippen LogP contribution < -0.4 is 5.32 Å². The molecule has 0 saturated heterocycles. The van der Waals surface area contributed by atoms with Gasteiger partial charge in [-0.05, 0) is 31.6 Å². The summed E-state index contributed by atoms with van der Waals surface area (Å²) in [5.41, 5.74) is 0. The molecular weight excluding hydrogens is 178 g/mol. The van der Waals surface area contributed by atoms with E-state index in [9.17, 15) is 0 Å². The lowest BCUT2D eigenvalue weighted by Crippen LogP contribution is -2.30. The van der Waals surface area contributed by atoms with Crippen molar-refractivity contribution >= 4 is 11.8 Å². The summed E-state index contributed by atoms with van der Waals surface area (Å²) in [6, 6.07) is 0. The molecule has 0 aliphatic heterocycles. The average Bonchev–Trinajstić information content (AvgIpc) is 2.93. The van der Waals surface area contributed by atoms with Gasteiger partial charge in [0, 0.05) is 11.3 Å². The van der Waals surface area contributed by atoms with Gasteiger partial charge in [-0.3, -0.25) is 0 Å². The van der Waals surface area contributed by atoms with Crippen molar-refractivity contribution in [2.45, 2.75) is 44.3 Å². The average molecular weight is 201 g/mol. The van der Waals surface area contributed by atoms with Crippen LogP contribution in [0.15, 0.2) is 0 Å². The minimum Gasteiger partial charge on any atom is -0.315 e. The lowest BCUT2D eigenvalue weighted by atomic mass is 10.0. The van der Waals surface area contributed by atoms with Gasteiger partial charge in [0.05, 0.1) is 0 Å². The van der Waals surface area contributed by atoms with Crippen molar-refractivity contribution in [3.8, 4) is 0 Å². The minimum atomic E-state index is 0.631. The Bertz CT molecular complexity index is 139. The molecule has 0 aromatic rings. The Kier molecular flexibility index (Phi) is 4.60. The van der Waals surface area contributed by atoms with Gasteiger partial charge in [-0.15, -0.1) is 0 Å². The van der Waals surface area contributed by atoms with Gasteiger partial charge in [0.2, 0.25) is 0 Å². The van der Waals surface area contributed by atoms with Gasteiger partial charge in [-0.2, -0.15) is 11.8 Å². The lowest BCUT2D eigenvalue weighted by molar-refractivity contribution is 0.448. The normalized spacial score (nSPS) is 19.4. The molecule has 1 fully saturated rings. The van der Waals surface area contributed by atoms with Crippen LogP contribution in [0.5, 0.6) is 0 Å². The highest BCUT2D eigenvalue weighted by atomic mass is 32.2. The van der Waals surface area contributed by atoms with E-state index >= 15 is 0 Å². The smallest absolute Gasteiger partial charge is 0.0282 e. The molecule has 1 N–H and O–H groups in total. The molecule has 2 heteroatoms. The highest BCUT2D eigenvalue weighted by molar-refractivity contribution is 8.00. The monoisotopic (exact) mass is 201 g/mol. The van der Waals surface area contributed by atoms with Crippen LogP contribution in [0.1, 0.15) is 39.5 Å². The van der Waals surface area contributed by atoms with E-state index in [-0.39, 0.29) is 0 Å². The Labute approximate surface area is 87.1 Å². The largest absolute Gasteiger partial charge is 0.315 e. The van der Waals surface area contributed by atoms with Crippen LogP contribution in [0, 0.1) is 5.92 Å². The van der Waals surface area contributed by atoms with Crippen molar-refractivity contribution in [3.63, 3.8) is 0 Å². The first kappa shape index (κ1) is 11.4. The van der Waals surface area contributed by atoms with E-state index in [1.807, 2.05) is 11.8 Å². The van der Waals surface area contributed by atoms with Crippen LogP contribution in [0.4, 0.5) is 0 Å². The van der Waals surface area contributed by atoms with Crippen LogP contribution in [0.25, 0.3) is 0 Å². The number of hydrogen-bond acceptors (Lipinski definition) is 2. The zero-order chi connectivity index (χ0) is 9.73. The molecule has 0 bridgehead atoms. The van der Waals surface area contributed by atoms with E-state index in [1.165, 1.54) is 38.8 Å². The second-order valence-electron chi connectivity index (χ2n) is 4.20. The molecule has 1 saturated carbocycles. The SMILES string of the molecule is CCC(CC)CNCC1(SC)CC1. The van der Waals surface area contributed by atoms with Crippen molar-refractivity contribution < 1.29 is 0 Å². The number of nitrogens with one attached hydrogen (secondary N) is 1. The molecule has 13 heavy (non-hydrogen) atoms. The predicted molar refractivity (Wildman–Crippen MR) is 62.4 cm³/mol. The van der Waals surface area contributed by atoms with Crippen LogP contribution >= 0.6 is 11.8 Å². The molecule has 0 heterocycles. The van der Waals surface area contributed by atoms with Gasteiger partial charge in [-0.25, -0.2) is 0 Å². The number of rotatable bonds is 7. The number of thioether (sulfide) groups is 1. The van der Waals surface area contributed by atoms with Crippen molar-refractivity contribution in [2.75, 3.05) is 19.3 Å². The molecular formula is C11H23NS. The predicted octanol–water partition coefficient (Wildman–Crippen LogP) is 2.91. The van der Waals surface area contributed by atoms with E-state index < -0.39 is 0 Å². The molecule has 0 amide bonds. The summed E-state index contributed by atoms with van der Waals surface area (Å²) < 4.78 is 0.631. The molecule has 1 nitrogen and oxygen atoms in total. The van der Waals surface area contributed by atoms with Crippen LogP contribution in [-0.4, -0.2) is 24.1 Å². The summed E-state index contributed by atoms with van der Waals surface area (Å²) in [6.07, 6.45) is 7.71. The summed E-state index contributed by atoms with van der Waals surface area (Å²) in [4.78, 5) is 0. The summed E-state index contributed by atoms with van der Waals surface area (Å²) in [5.74, 6) is 0.887. The molecule has 0 spiro atoms. The topological polar surface area (TPSA) is 12.0 Å². The molecule has 0 aromatic carbocycles. The quantitative estimate of drug-likeness (QED) is 0.680. The van der Waals surface area contributed by atoms with Gasteiger partial charge >= 0.3 is 0 Å². The maximum absolute atomic E-state index is 3.62. The summed E-state index contributed by atoms with van der Waals surface area (Å²) in [7, 11) is 0. The standard InChI is InChI=1S/C11H23NS/c1-4-10(5-2)8-12-9-11(13-3)6-7-11/h10,12H,4-9H2,1-3H3. The molecule has 78 valence electrons. The molecule has 0 radical (unpaired) electrons. The summed E-state index contributed by atoms with van der Waals surface area (Å²) in [6.45, 7) is 7.02. The van der Waals surface area contributed by atoms with Crippen molar-refractivity contribution in [1.29, 1.82) is 0 Å². The zero-order valence-corrected chi connectivity index (χ0v) is 10.0. The highest BCUT2D eigenvalue weighted by Crippen LogP contribution is 2.46. The fourth-order valence-corrected chi connectivity index (χ4v) is 2.43. The first-order chi connectivity index (χ1) is 6.26. The van der Waals surface area contributed by atoms with E-state index in [0.29, 0.717) is 4.75 Å². The maximum Gasteiger partial charge on any atom is 0.0282 e. The zero-order valence-electron chi connectivity index (χ0n) is 9.23. The Morgan fingerprint density at radius 3 is 2.31 bits per heavy atom. The third kappa shape index (κ3) is 3.51. The first-order valence-electron chi connectivity index (χ1n) is 5.52. The second-order valence-corrected chi connectivity index (χ2v) is 5.47. The van der Waals surface area contributed by atoms with Crippen molar-refractivity contribution in [1.82, 2.24) is 5.32 Å². The first-order valence-corrected chi connectivity index (χ1v) is 6.74. The Morgan fingerprint density at radius 2 is 1.92 bits per heavy atom. The molecule has 0 aromatic heterocycles. The molecule has 1 aliphatic rings. The van der Waals surface area contributed by atoms with Gasteiger partial charge in [0.15, 0.2) is 0 Å². The van der Waals surface area contributed by atoms with Crippen molar-refractivity contribution in [2.24, 2.45) is 5.92 Å². The fourth-order valence-electron chi connectivity index (χ4n) is 1.67. The van der Waals surface area contributed by atoms with Gasteiger partial charge in [-0.1, -0.05) is 26.7 Å². The van der Waals surface area contributed by atoms with Gasteiger partial charge in [0.1, 0.15) is 0 Å². The number of hydrogen-bond donors (Lipinski definition) is 1. The second kappa shape index (κ2) is 5.26. The molecule has 0 atom stereocenters. The highest BCUT2D eigenvalue weighted by Gasteiger charge is 2.41. The fraction of sp³-hybridized carbons (Fsp3) is 1.00. The van der Waals surface area contributed by atoms with E-state index in [0.717, 1.165) is 5.92 Å². The Hall–Kier alpha value is 0.310. The Balaban J connectivity index is 2.06. The van der Waals surface area contributed by atoms with E-state index in [4.69, 9.17) is 0 Å². The lowest BCUT2D eigenvalue weighted by Gasteiger charge is -2.17. The minimum absolute atomic E-state index is 0.631.